The van der Waals surface area contributed by atoms with Crippen LogP contribution in [0, 0.1) is 0 Å². The Hall–Kier alpha value is -4.61. The predicted molar refractivity (Wildman–Crippen MR) is 184 cm³/mol. The van der Waals surface area contributed by atoms with Crippen LogP contribution in [-0.4, -0.2) is 59.1 Å². The molecule has 0 unspecified atom stereocenters. The van der Waals surface area contributed by atoms with E-state index in [1.165, 1.54) is 30.6 Å². The van der Waals surface area contributed by atoms with E-state index < -0.39 is 30.2 Å². The molecule has 0 atom stereocenters. The molecule has 0 aliphatic carbocycles. The molecule has 0 radical (unpaired) electrons. The molecule has 2 aromatic carbocycles. The van der Waals surface area contributed by atoms with Gasteiger partial charge in [0.15, 0.2) is 23.0 Å². The van der Waals surface area contributed by atoms with Crippen LogP contribution in [0.5, 0.6) is 34.5 Å². The fraction of sp³-hybridized carbons (Fsp3) is 0.290. The zero-order chi connectivity index (χ0) is 35.5. The molecule has 0 saturated heterocycles. The Balaban J connectivity index is 0.000000264. The highest BCUT2D eigenvalue weighted by Crippen LogP contribution is 2.34. The molecular weight excluding hydrogens is 685 g/mol. The molecule has 2 aromatic heterocycles. The number of sulfonamides is 2. The van der Waals surface area contributed by atoms with Crippen LogP contribution in [0.1, 0.15) is 37.8 Å². The molecule has 0 aliphatic rings. The highest BCUT2D eigenvalue weighted by atomic mass is 32.2. The van der Waals surface area contributed by atoms with Crippen LogP contribution >= 0.6 is 0 Å². The van der Waals surface area contributed by atoms with Gasteiger partial charge in [0.05, 0.1) is 31.2 Å². The summed E-state index contributed by atoms with van der Waals surface area (Å²) in [6.07, 6.45) is 9.28. The number of hydrogen-bond donors (Lipinski definition) is 3. The average molecular weight is 723 g/mol. The van der Waals surface area contributed by atoms with Gasteiger partial charge in [0, 0.05) is 0 Å². The molecule has 48 heavy (non-hydrogen) atoms. The summed E-state index contributed by atoms with van der Waals surface area (Å²) in [4.78, 5) is 7.88. The second-order valence-corrected chi connectivity index (χ2v) is 15.7. The molecule has 0 amide bonds. The van der Waals surface area contributed by atoms with Crippen LogP contribution in [0.3, 0.4) is 0 Å². The van der Waals surface area contributed by atoms with Crippen molar-refractivity contribution in [2.75, 3.05) is 28.2 Å². The van der Waals surface area contributed by atoms with Crippen LogP contribution < -0.4 is 23.1 Å². The van der Waals surface area contributed by atoms with Gasteiger partial charge in [0.25, 0.3) is 0 Å². The van der Waals surface area contributed by atoms with Crippen LogP contribution in [0.25, 0.3) is 0 Å². The number of hydrogen-bond acceptors (Lipinski definition) is 12. The second-order valence-electron chi connectivity index (χ2n) is 10.6. The Labute approximate surface area is 281 Å². The van der Waals surface area contributed by atoms with Crippen LogP contribution in [0.4, 0.5) is 11.6 Å². The Bertz CT molecular complexity index is 2000. The normalized spacial score (nSPS) is 11.5. The minimum Gasteiger partial charge on any atom is -0.504 e. The standard InChI is InChI=1S/C16H20N2O6S2.C15H18N2O4S/c1-4-5-12-6-8-14(15(10-12)24-26(3,21)22)23-13-7-9-16(17-11-13)18-25(2,19)20;1-3-4-11-5-7-14(13(18)9-11)21-12-6-8-15(16-10-12)17-22(2,19)20/h6-11H,4-5H2,1-3H3,(H,17,18);5-10,18H,3-4H2,1-2H3,(H,16,17). The first-order chi connectivity index (χ1) is 22.4. The average Bonchev–Trinajstić information content (AvgIpc) is 2.96. The van der Waals surface area contributed by atoms with Crippen molar-refractivity contribution in [1.82, 2.24) is 9.97 Å². The molecule has 17 heteroatoms. The summed E-state index contributed by atoms with van der Waals surface area (Å²) in [5, 5.41) is 9.95. The number of nitrogens with zero attached hydrogens (tertiary/aromatic N) is 2. The minimum atomic E-state index is -3.72. The number of aryl methyl sites for hydroxylation is 2. The van der Waals surface area contributed by atoms with Gasteiger partial charge in [-0.1, -0.05) is 38.8 Å². The molecule has 0 fully saturated rings. The van der Waals surface area contributed by atoms with Gasteiger partial charge in [-0.05, 0) is 72.5 Å². The number of benzene rings is 2. The summed E-state index contributed by atoms with van der Waals surface area (Å²) < 4.78 is 88.2. The van der Waals surface area contributed by atoms with Crippen molar-refractivity contribution in [2.24, 2.45) is 0 Å². The molecule has 0 bridgehead atoms. The van der Waals surface area contributed by atoms with Crippen molar-refractivity contribution in [3.05, 3.63) is 84.2 Å². The Kier molecular flexibility index (Phi) is 13.0. The third-order valence-electron chi connectivity index (χ3n) is 5.86. The van der Waals surface area contributed by atoms with E-state index in [0.717, 1.165) is 55.6 Å². The van der Waals surface area contributed by atoms with E-state index in [1.807, 2.05) is 19.1 Å². The van der Waals surface area contributed by atoms with E-state index in [1.54, 1.807) is 30.3 Å². The summed E-state index contributed by atoms with van der Waals surface area (Å²) in [5.74, 6) is 1.72. The number of ether oxygens (including phenoxy) is 2. The van der Waals surface area contributed by atoms with Gasteiger partial charge in [-0.2, -0.15) is 8.42 Å². The molecular formula is C31H38N4O10S3. The van der Waals surface area contributed by atoms with E-state index in [-0.39, 0.29) is 28.9 Å². The number of anilines is 2. The van der Waals surface area contributed by atoms with E-state index in [2.05, 4.69) is 26.3 Å². The molecule has 0 spiro atoms. The maximum absolute atomic E-state index is 11.5. The fourth-order valence-electron chi connectivity index (χ4n) is 4.04. The van der Waals surface area contributed by atoms with Crippen LogP contribution in [0.15, 0.2) is 73.1 Å². The smallest absolute Gasteiger partial charge is 0.306 e. The number of phenols is 1. The highest BCUT2D eigenvalue weighted by molar-refractivity contribution is 7.92. The molecule has 14 nitrogen and oxygen atoms in total. The van der Waals surface area contributed by atoms with E-state index >= 15 is 0 Å². The van der Waals surface area contributed by atoms with Crippen LogP contribution in [0.2, 0.25) is 0 Å². The van der Waals surface area contributed by atoms with Gasteiger partial charge < -0.3 is 18.8 Å². The summed E-state index contributed by atoms with van der Waals surface area (Å²) in [6.45, 7) is 4.08. The quantitative estimate of drug-likeness (QED) is 0.139. The van der Waals surface area contributed by atoms with Gasteiger partial charge in [-0.3, -0.25) is 9.44 Å². The first kappa shape index (κ1) is 37.8. The first-order valence-electron chi connectivity index (χ1n) is 14.5. The molecule has 260 valence electrons. The summed E-state index contributed by atoms with van der Waals surface area (Å²) in [7, 11) is -10.5. The van der Waals surface area contributed by atoms with Gasteiger partial charge in [-0.25, -0.2) is 26.8 Å². The summed E-state index contributed by atoms with van der Waals surface area (Å²) >= 11 is 0. The van der Waals surface area contributed by atoms with E-state index in [9.17, 15) is 30.4 Å². The molecule has 0 aliphatic heterocycles. The first-order valence-corrected chi connectivity index (χ1v) is 20.1. The van der Waals surface area contributed by atoms with Gasteiger partial charge in [0.2, 0.25) is 20.0 Å². The van der Waals surface area contributed by atoms with Gasteiger partial charge in [0.1, 0.15) is 23.1 Å². The van der Waals surface area contributed by atoms with Crippen molar-refractivity contribution in [1.29, 1.82) is 0 Å². The number of phenolic OH excluding ortho intramolecular Hbond substituents is 1. The van der Waals surface area contributed by atoms with Gasteiger partial charge in [-0.15, -0.1) is 0 Å². The van der Waals surface area contributed by atoms with E-state index in [0.29, 0.717) is 17.2 Å². The van der Waals surface area contributed by atoms with Crippen molar-refractivity contribution in [3.63, 3.8) is 0 Å². The Morgan fingerprint density at radius 1 is 0.625 bits per heavy atom. The molecule has 2 heterocycles. The lowest BCUT2D eigenvalue weighted by Gasteiger charge is -2.13. The number of aromatic nitrogens is 2. The predicted octanol–water partition coefficient (Wildman–Crippen LogP) is 5.44. The number of aromatic hydroxyl groups is 1. The highest BCUT2D eigenvalue weighted by Gasteiger charge is 2.14. The lowest BCUT2D eigenvalue weighted by Crippen LogP contribution is -2.10. The number of rotatable bonds is 14. The number of pyridine rings is 2. The Morgan fingerprint density at radius 2 is 1.08 bits per heavy atom. The maximum Gasteiger partial charge on any atom is 0.306 e. The second kappa shape index (κ2) is 16.5. The van der Waals surface area contributed by atoms with Crippen molar-refractivity contribution >= 4 is 41.8 Å². The lowest BCUT2D eigenvalue weighted by atomic mass is 10.1. The summed E-state index contributed by atoms with van der Waals surface area (Å²) in [5.41, 5.74) is 1.96. The zero-order valence-electron chi connectivity index (χ0n) is 27.0. The third kappa shape index (κ3) is 13.6. The zero-order valence-corrected chi connectivity index (χ0v) is 29.4. The SMILES string of the molecule is CCCc1ccc(Oc2ccc(NS(C)(=O)=O)nc2)c(O)c1.CCCc1ccc(Oc2ccc(NS(C)(=O)=O)nc2)c(OS(C)(=O)=O)c1. The molecule has 4 aromatic rings. The molecule has 0 saturated carbocycles. The van der Waals surface area contributed by atoms with Gasteiger partial charge >= 0.3 is 10.1 Å². The molecule has 3 N–H and O–H groups in total. The largest absolute Gasteiger partial charge is 0.504 e. The summed E-state index contributed by atoms with van der Waals surface area (Å²) in [6, 6.07) is 16.3. The Morgan fingerprint density at radius 3 is 1.48 bits per heavy atom. The van der Waals surface area contributed by atoms with Crippen LogP contribution in [-0.2, 0) is 43.0 Å². The van der Waals surface area contributed by atoms with Crippen molar-refractivity contribution in [2.45, 2.75) is 39.5 Å². The van der Waals surface area contributed by atoms with E-state index in [4.69, 9.17) is 13.7 Å². The number of nitrogens with one attached hydrogen (secondary N) is 2. The van der Waals surface area contributed by atoms with Crippen molar-refractivity contribution < 1.29 is 44.0 Å². The lowest BCUT2D eigenvalue weighted by molar-refractivity contribution is 0.410. The third-order valence-corrected chi connectivity index (χ3v) is 7.50. The fourth-order valence-corrected chi connectivity index (χ4v) is 5.50. The van der Waals surface area contributed by atoms with Crippen molar-refractivity contribution in [3.8, 4) is 34.5 Å². The molecule has 4 rings (SSSR count). The maximum atomic E-state index is 11.5. The topological polar surface area (TPSA) is 200 Å². The monoisotopic (exact) mass is 722 g/mol. The minimum absolute atomic E-state index is 0.0595.